The number of aryl methyl sites for hydroxylation is 4. The lowest BCUT2D eigenvalue weighted by atomic mass is 9.87. The maximum atomic E-state index is 14.9. The van der Waals surface area contributed by atoms with Crippen molar-refractivity contribution in [2.45, 2.75) is 106 Å². The van der Waals surface area contributed by atoms with Crippen molar-refractivity contribution in [2.24, 2.45) is 5.92 Å². The average Bonchev–Trinajstić information content (AvgIpc) is 3.39. The first-order chi connectivity index (χ1) is 23.8. The summed E-state index contributed by atoms with van der Waals surface area (Å²) >= 11 is 0. The molecule has 1 aromatic heterocycles. The second-order valence-corrected chi connectivity index (χ2v) is 13.8. The first-order valence-electron chi connectivity index (χ1n) is 17.9. The molecule has 0 bridgehead atoms. The fraction of sp³-hybridized carbons (Fsp3) is 0.415. The van der Waals surface area contributed by atoms with Crippen LogP contribution < -0.4 is 5.32 Å². The molecule has 0 saturated carbocycles. The van der Waals surface area contributed by atoms with Gasteiger partial charge in [-0.25, -0.2) is 4.39 Å². The van der Waals surface area contributed by atoms with E-state index in [2.05, 4.69) is 19.2 Å². The van der Waals surface area contributed by atoms with E-state index in [9.17, 15) is 29.3 Å². The Hall–Kier alpha value is -4.27. The van der Waals surface area contributed by atoms with Gasteiger partial charge < -0.3 is 25.2 Å². The third-order valence-corrected chi connectivity index (χ3v) is 9.82. The number of aliphatic hydroxyl groups excluding tert-OH is 2. The molecule has 4 aromatic rings. The van der Waals surface area contributed by atoms with Gasteiger partial charge >= 0.3 is 5.97 Å². The van der Waals surface area contributed by atoms with Crippen LogP contribution in [0.25, 0.3) is 22.4 Å². The van der Waals surface area contributed by atoms with E-state index in [1.807, 2.05) is 89.4 Å². The van der Waals surface area contributed by atoms with Gasteiger partial charge in [-0.3, -0.25) is 9.59 Å². The molecule has 0 fully saturated rings. The van der Waals surface area contributed by atoms with E-state index < -0.39 is 42.8 Å². The fourth-order valence-electron chi connectivity index (χ4n) is 6.57. The highest BCUT2D eigenvalue weighted by atomic mass is 19.1. The molecule has 8 heteroatoms. The molecule has 1 heterocycles. The third kappa shape index (κ3) is 8.31. The minimum atomic E-state index is -2.96. The average molecular weight is 673 g/mol. The highest BCUT2D eigenvalue weighted by molar-refractivity contribution is 6.13. The molecule has 7 nitrogen and oxygen atoms in total. The Morgan fingerprint density at radius 2 is 1.53 bits per heavy atom. The molecule has 4 N–H and O–H groups in total. The fourth-order valence-corrected chi connectivity index (χ4v) is 6.57. The second kappa shape index (κ2) is 15.5. The molecule has 262 valence electrons. The monoisotopic (exact) mass is 672 g/mol. The van der Waals surface area contributed by atoms with Gasteiger partial charge in [0.25, 0.3) is 5.91 Å². The van der Waals surface area contributed by atoms with Crippen LogP contribution in [0.15, 0.2) is 54.6 Å². The summed E-state index contributed by atoms with van der Waals surface area (Å²) in [4.78, 5) is 26.4. The van der Waals surface area contributed by atoms with Crippen LogP contribution in [0.5, 0.6) is 0 Å². The number of hydrogen-bond donors (Lipinski definition) is 4. The van der Waals surface area contributed by atoms with Gasteiger partial charge in [-0.2, -0.15) is 0 Å². The van der Waals surface area contributed by atoms with E-state index in [1.165, 1.54) is 12.1 Å². The minimum Gasteiger partial charge on any atom is -0.481 e. The van der Waals surface area contributed by atoms with Crippen molar-refractivity contribution in [3.63, 3.8) is 0 Å². The largest absolute Gasteiger partial charge is 0.481 e. The predicted molar refractivity (Wildman–Crippen MR) is 195 cm³/mol. The molecule has 0 aliphatic rings. The number of anilines is 1. The molecule has 0 aliphatic heterocycles. The predicted octanol–water partition coefficient (Wildman–Crippen LogP) is 9.05. The standard InChI is InChI=1S/C41H51FN2O5/c1-22(2)28(8)39-38(41(49)43-31-15-13-23(3)25(5)18-31)37(35-12-10-11-24(4)29(35)9)40(34-16-14-30(42)17-26(34)6)44(39)27(7)19-32(45)20-33(46)21-36(47)48/h10-18,22,27-28,32-33,45-46H,19-21H2,1-9H3,(H,43,49)(H,47,48)/t27?,28?,32-,33-/m1/s1/i21D2. The SMILES string of the molecule is [2H]C([2H])(C(=O)O)[C@H](O)C[C@H](O)CC(C)n1c(-c2ccc(F)cc2C)c(-c2cccc(C)c2C)c(C(=O)Nc2ccc(C)c(C)c2)c1C(C)C(C)C. The number of carbonyl (C=O) groups is 2. The molecule has 0 saturated heterocycles. The molecular weight excluding hydrogens is 619 g/mol. The van der Waals surface area contributed by atoms with Crippen molar-refractivity contribution in [3.8, 4) is 22.4 Å². The topological polar surface area (TPSA) is 112 Å². The van der Waals surface area contributed by atoms with E-state index in [0.717, 1.165) is 27.8 Å². The quantitative estimate of drug-likeness (QED) is 0.113. The van der Waals surface area contributed by atoms with Gasteiger partial charge in [0.1, 0.15) is 5.82 Å². The number of nitrogens with one attached hydrogen (secondary N) is 1. The van der Waals surface area contributed by atoms with Gasteiger partial charge in [0.15, 0.2) is 0 Å². The van der Waals surface area contributed by atoms with Crippen molar-refractivity contribution in [1.82, 2.24) is 4.57 Å². The van der Waals surface area contributed by atoms with Crippen molar-refractivity contribution in [3.05, 3.63) is 99.5 Å². The molecule has 0 aliphatic carbocycles. The van der Waals surface area contributed by atoms with Gasteiger partial charge in [-0.15, -0.1) is 0 Å². The lowest BCUT2D eigenvalue weighted by Crippen LogP contribution is -2.25. The molecule has 4 atom stereocenters. The summed E-state index contributed by atoms with van der Waals surface area (Å²) < 4.78 is 32.3. The van der Waals surface area contributed by atoms with Crippen LogP contribution in [0.2, 0.25) is 0 Å². The van der Waals surface area contributed by atoms with Crippen LogP contribution in [-0.4, -0.2) is 44.0 Å². The summed E-state index contributed by atoms with van der Waals surface area (Å²) in [6.07, 6.45) is -6.74. The number of aromatic nitrogens is 1. The summed E-state index contributed by atoms with van der Waals surface area (Å²) in [6, 6.07) is 15.7. The zero-order chi connectivity index (χ0) is 38.1. The second-order valence-electron chi connectivity index (χ2n) is 13.8. The Bertz CT molecular complexity index is 1940. The Morgan fingerprint density at radius 1 is 0.837 bits per heavy atom. The van der Waals surface area contributed by atoms with Crippen LogP contribution in [0.1, 0.15) is 105 Å². The van der Waals surface area contributed by atoms with E-state index in [-0.39, 0.29) is 24.2 Å². The van der Waals surface area contributed by atoms with E-state index in [1.54, 1.807) is 6.07 Å². The highest BCUT2D eigenvalue weighted by Gasteiger charge is 2.35. The third-order valence-electron chi connectivity index (χ3n) is 9.82. The molecule has 4 rings (SSSR count). The van der Waals surface area contributed by atoms with Gasteiger partial charge in [-0.05, 0) is 130 Å². The zero-order valence-electron chi connectivity index (χ0n) is 32.0. The number of amides is 1. The maximum absolute atomic E-state index is 14.9. The van der Waals surface area contributed by atoms with Crippen LogP contribution in [0.3, 0.4) is 0 Å². The number of hydrogen-bond acceptors (Lipinski definition) is 4. The molecule has 3 aromatic carbocycles. The molecule has 0 radical (unpaired) electrons. The number of carbonyl (C=O) groups excluding carboxylic acids is 1. The summed E-state index contributed by atoms with van der Waals surface area (Å²) in [5.74, 6) is -2.69. The van der Waals surface area contributed by atoms with Crippen molar-refractivity contribution < 1.29 is 32.0 Å². The Kier molecular flexibility index (Phi) is 11.0. The number of carboxylic acids is 1. The van der Waals surface area contributed by atoms with Crippen molar-refractivity contribution in [2.75, 3.05) is 5.32 Å². The Labute approximate surface area is 292 Å². The Morgan fingerprint density at radius 3 is 2.14 bits per heavy atom. The number of nitrogens with zero attached hydrogens (tertiary/aromatic N) is 1. The molecule has 49 heavy (non-hydrogen) atoms. The number of benzene rings is 3. The number of halogens is 1. The summed E-state index contributed by atoms with van der Waals surface area (Å²) in [7, 11) is 0. The molecule has 1 amide bonds. The Balaban J connectivity index is 2.10. The first kappa shape index (κ1) is 34.6. The summed E-state index contributed by atoms with van der Waals surface area (Å²) in [5.41, 5.74) is 9.38. The van der Waals surface area contributed by atoms with Crippen molar-refractivity contribution >= 4 is 17.6 Å². The van der Waals surface area contributed by atoms with Gasteiger partial charge in [-0.1, -0.05) is 45.0 Å². The van der Waals surface area contributed by atoms with Gasteiger partial charge in [0.05, 0.1) is 29.8 Å². The maximum Gasteiger partial charge on any atom is 0.305 e. The van der Waals surface area contributed by atoms with Gasteiger partial charge in [0, 0.05) is 31.3 Å². The summed E-state index contributed by atoms with van der Waals surface area (Å²) in [5, 5.41) is 34.2. The van der Waals surface area contributed by atoms with Crippen LogP contribution in [-0.2, 0) is 4.79 Å². The van der Waals surface area contributed by atoms with Crippen LogP contribution >= 0.6 is 0 Å². The summed E-state index contributed by atoms with van der Waals surface area (Å²) in [6.45, 7) is 17.9. The molecular formula is C41H51FN2O5. The number of rotatable bonds is 13. The minimum absolute atomic E-state index is 0.00302. The normalized spacial score (nSPS) is 15.0. The first-order valence-corrected chi connectivity index (χ1v) is 16.9. The van der Waals surface area contributed by atoms with Crippen LogP contribution in [0, 0.1) is 46.4 Å². The lowest BCUT2D eigenvalue weighted by molar-refractivity contribution is -0.139. The smallest absolute Gasteiger partial charge is 0.305 e. The van der Waals surface area contributed by atoms with Crippen molar-refractivity contribution in [1.29, 1.82) is 0 Å². The number of carboxylic acid groups (broad SMARTS) is 1. The van der Waals surface area contributed by atoms with Gasteiger partial charge in [0.2, 0.25) is 0 Å². The molecule has 0 spiro atoms. The highest BCUT2D eigenvalue weighted by Crippen LogP contribution is 2.48. The lowest BCUT2D eigenvalue weighted by Gasteiger charge is -2.28. The van der Waals surface area contributed by atoms with E-state index in [4.69, 9.17) is 2.74 Å². The zero-order valence-corrected chi connectivity index (χ0v) is 30.0. The number of aliphatic hydroxyl groups is 2. The number of aliphatic carboxylic acids is 1. The van der Waals surface area contributed by atoms with E-state index in [0.29, 0.717) is 39.3 Å². The molecule has 2 unspecified atom stereocenters. The van der Waals surface area contributed by atoms with Crippen LogP contribution in [0.4, 0.5) is 10.1 Å². The van der Waals surface area contributed by atoms with E-state index >= 15 is 0 Å².